The number of halogens is 6. The van der Waals surface area contributed by atoms with Crippen LogP contribution in [-0.4, -0.2) is 30.2 Å². The average molecular weight is 495 g/mol. The van der Waals surface area contributed by atoms with Crippen LogP contribution in [0.1, 0.15) is 44.3 Å². The van der Waals surface area contributed by atoms with Gasteiger partial charge >= 0.3 is 12.4 Å². The molecule has 0 spiro atoms. The van der Waals surface area contributed by atoms with Crippen molar-refractivity contribution in [2.45, 2.75) is 39.3 Å². The third-order valence-electron chi connectivity index (χ3n) is 5.49. The zero-order valence-electron chi connectivity index (χ0n) is 18.5. The molecule has 0 fully saturated rings. The topological polar surface area (TPSA) is 66.3 Å². The number of rotatable bonds is 5. The van der Waals surface area contributed by atoms with E-state index in [1.165, 1.54) is 10.7 Å². The number of benzene rings is 1. The molecule has 0 bridgehead atoms. The van der Waals surface area contributed by atoms with Crippen LogP contribution in [0.15, 0.2) is 48.9 Å². The fourth-order valence-corrected chi connectivity index (χ4v) is 3.78. The van der Waals surface area contributed by atoms with Gasteiger partial charge in [-0.15, -0.1) is 0 Å². The van der Waals surface area contributed by atoms with E-state index < -0.39 is 35.9 Å². The molecule has 184 valence electrons. The first-order chi connectivity index (χ1) is 16.3. The van der Waals surface area contributed by atoms with Crippen LogP contribution in [0, 0.1) is 13.8 Å². The van der Waals surface area contributed by atoms with Crippen LogP contribution < -0.4 is 0 Å². The van der Waals surface area contributed by atoms with Gasteiger partial charge in [-0.3, -0.25) is 9.20 Å². The first-order valence-corrected chi connectivity index (χ1v) is 10.3. The lowest BCUT2D eigenvalue weighted by Gasteiger charge is -2.24. The predicted molar refractivity (Wildman–Crippen MR) is 113 cm³/mol. The lowest BCUT2D eigenvalue weighted by molar-refractivity contribution is -0.143. The van der Waals surface area contributed by atoms with Gasteiger partial charge in [0, 0.05) is 18.4 Å². The molecule has 4 rings (SSSR count). The zero-order valence-corrected chi connectivity index (χ0v) is 18.5. The second kappa shape index (κ2) is 8.75. The number of aromatic amines is 1. The summed E-state index contributed by atoms with van der Waals surface area (Å²) in [5.41, 5.74) is -1.19. The number of hydrogen-bond acceptors (Lipinski definition) is 3. The minimum absolute atomic E-state index is 0.0577. The molecule has 0 aliphatic heterocycles. The minimum Gasteiger partial charge on any atom is -0.348 e. The fraction of sp³-hybridized carbons (Fsp3) is 0.261. The molecule has 0 saturated heterocycles. The second-order valence-corrected chi connectivity index (χ2v) is 8.02. The number of carbonyl (C=O) groups is 1. The van der Waals surface area contributed by atoms with Crippen molar-refractivity contribution in [2.75, 3.05) is 0 Å². The number of aryl methyl sites for hydroxylation is 2. The lowest BCUT2D eigenvalue weighted by Crippen LogP contribution is -2.32. The lowest BCUT2D eigenvalue weighted by atomic mass is 10.0. The molecule has 12 heteroatoms. The smallest absolute Gasteiger partial charge is 0.348 e. The number of imidazole rings is 2. The maximum absolute atomic E-state index is 13.6. The number of aromatic nitrogens is 4. The summed E-state index contributed by atoms with van der Waals surface area (Å²) in [6.07, 6.45) is -7.00. The van der Waals surface area contributed by atoms with Crippen LogP contribution >= 0.6 is 0 Å². The van der Waals surface area contributed by atoms with Gasteiger partial charge in [-0.25, -0.2) is 9.97 Å². The number of nitrogens with one attached hydrogen (secondary N) is 1. The quantitative estimate of drug-likeness (QED) is 0.369. The largest absolute Gasteiger partial charge is 0.416 e. The Balaban J connectivity index is 1.80. The van der Waals surface area contributed by atoms with E-state index in [1.807, 2.05) is 0 Å². The first kappa shape index (κ1) is 24.3. The Morgan fingerprint density at radius 1 is 1.00 bits per heavy atom. The van der Waals surface area contributed by atoms with Gasteiger partial charge < -0.3 is 9.88 Å². The van der Waals surface area contributed by atoms with Gasteiger partial charge in [-0.2, -0.15) is 26.3 Å². The summed E-state index contributed by atoms with van der Waals surface area (Å²) >= 11 is 0. The summed E-state index contributed by atoms with van der Waals surface area (Å²) in [6, 6.07) is 6.37. The van der Waals surface area contributed by atoms with Gasteiger partial charge in [-0.05, 0) is 49.7 Å². The molecule has 3 aromatic heterocycles. The molecule has 0 aliphatic rings. The molecule has 1 N–H and O–H groups in total. The Bertz CT molecular complexity index is 1350. The highest BCUT2D eigenvalue weighted by atomic mass is 19.4. The number of H-pyrrole nitrogens is 1. The van der Waals surface area contributed by atoms with Crippen molar-refractivity contribution in [3.8, 4) is 0 Å². The molecule has 35 heavy (non-hydrogen) atoms. The van der Waals surface area contributed by atoms with Gasteiger partial charge in [0.15, 0.2) is 0 Å². The third kappa shape index (κ3) is 5.00. The summed E-state index contributed by atoms with van der Waals surface area (Å²) in [5, 5.41) is 0. The van der Waals surface area contributed by atoms with E-state index in [4.69, 9.17) is 0 Å². The monoisotopic (exact) mass is 495 g/mol. The van der Waals surface area contributed by atoms with Crippen LogP contribution in [0.3, 0.4) is 0 Å². The molecule has 3 heterocycles. The Hall–Kier alpha value is -3.83. The highest BCUT2D eigenvalue weighted by molar-refractivity contribution is 5.94. The van der Waals surface area contributed by atoms with E-state index >= 15 is 0 Å². The number of hydrogen-bond donors (Lipinski definition) is 1. The summed E-state index contributed by atoms with van der Waals surface area (Å²) < 4.78 is 81.7. The van der Waals surface area contributed by atoms with Gasteiger partial charge in [-0.1, -0.05) is 6.07 Å². The minimum atomic E-state index is -5.00. The Labute approximate surface area is 195 Å². The van der Waals surface area contributed by atoms with E-state index in [0.717, 1.165) is 4.90 Å². The average Bonchev–Trinajstić information content (AvgIpc) is 3.33. The van der Waals surface area contributed by atoms with E-state index in [1.54, 1.807) is 38.2 Å². The number of amides is 1. The van der Waals surface area contributed by atoms with Crippen molar-refractivity contribution >= 4 is 11.6 Å². The summed E-state index contributed by atoms with van der Waals surface area (Å²) in [5.74, 6) is -0.616. The second-order valence-electron chi connectivity index (χ2n) is 8.02. The standard InChI is InChI=1S/C23H19F6N5O/c1-13-18(31-12-30-13)11-33(21(35)20-14(2)32-19-5-3-4-6-34(19)20)10-15-7-16(22(24,25)26)9-17(8-15)23(27,28)29/h3-9,12H,10-11H2,1-2H3,(H,30,31). The molecule has 6 nitrogen and oxygen atoms in total. The summed E-state index contributed by atoms with van der Waals surface area (Å²) in [4.78, 5) is 26.1. The molecule has 0 unspecified atom stereocenters. The molecule has 0 aliphatic carbocycles. The molecule has 1 aromatic carbocycles. The molecule has 0 radical (unpaired) electrons. The van der Waals surface area contributed by atoms with Gasteiger partial charge in [0.05, 0.1) is 35.4 Å². The van der Waals surface area contributed by atoms with Gasteiger partial charge in [0.1, 0.15) is 11.3 Å². The zero-order chi connectivity index (χ0) is 25.5. The van der Waals surface area contributed by atoms with Gasteiger partial charge in [0.25, 0.3) is 5.91 Å². The van der Waals surface area contributed by atoms with Crippen molar-refractivity contribution in [1.29, 1.82) is 0 Å². The van der Waals surface area contributed by atoms with Crippen LogP contribution in [0.2, 0.25) is 0 Å². The van der Waals surface area contributed by atoms with Crippen molar-refractivity contribution in [2.24, 2.45) is 0 Å². The highest BCUT2D eigenvalue weighted by Gasteiger charge is 2.37. The number of carbonyl (C=O) groups excluding carboxylic acids is 1. The number of alkyl halides is 6. The van der Waals surface area contributed by atoms with Crippen molar-refractivity contribution in [1.82, 2.24) is 24.3 Å². The number of pyridine rings is 1. The van der Waals surface area contributed by atoms with E-state index in [9.17, 15) is 31.1 Å². The Kier molecular flexibility index (Phi) is 6.07. The fourth-order valence-electron chi connectivity index (χ4n) is 3.78. The van der Waals surface area contributed by atoms with E-state index in [0.29, 0.717) is 34.9 Å². The van der Waals surface area contributed by atoms with E-state index in [2.05, 4.69) is 15.0 Å². The van der Waals surface area contributed by atoms with Crippen LogP contribution in [-0.2, 0) is 25.4 Å². The SMILES string of the molecule is Cc1nc2ccccn2c1C(=O)N(Cc1cc(C(F)(F)F)cc(C(F)(F)F)c1)Cc1nc[nH]c1C. The van der Waals surface area contributed by atoms with Crippen molar-refractivity contribution in [3.63, 3.8) is 0 Å². The summed E-state index contributed by atoms with van der Waals surface area (Å²) in [6.45, 7) is 2.63. The molecule has 4 aromatic rings. The van der Waals surface area contributed by atoms with Gasteiger partial charge in [0.2, 0.25) is 0 Å². The highest BCUT2D eigenvalue weighted by Crippen LogP contribution is 2.36. The Morgan fingerprint density at radius 3 is 2.23 bits per heavy atom. The van der Waals surface area contributed by atoms with Crippen LogP contribution in [0.5, 0.6) is 0 Å². The first-order valence-electron chi connectivity index (χ1n) is 10.3. The third-order valence-corrected chi connectivity index (χ3v) is 5.49. The van der Waals surface area contributed by atoms with Crippen molar-refractivity contribution < 1.29 is 31.1 Å². The number of nitrogens with zero attached hydrogens (tertiary/aromatic N) is 4. The normalized spacial score (nSPS) is 12.3. The maximum Gasteiger partial charge on any atom is 0.416 e. The van der Waals surface area contributed by atoms with Crippen LogP contribution in [0.25, 0.3) is 5.65 Å². The van der Waals surface area contributed by atoms with E-state index in [-0.39, 0.29) is 23.9 Å². The Morgan fingerprint density at radius 2 is 1.66 bits per heavy atom. The molecular formula is C23H19F6N5O. The number of fused-ring (bicyclic) bond motifs is 1. The van der Waals surface area contributed by atoms with Crippen molar-refractivity contribution in [3.05, 3.63) is 88.4 Å². The predicted octanol–water partition coefficient (Wildman–Crippen LogP) is 5.55. The molecule has 0 saturated carbocycles. The maximum atomic E-state index is 13.6. The molecule has 0 atom stereocenters. The summed E-state index contributed by atoms with van der Waals surface area (Å²) in [7, 11) is 0. The molecule has 1 amide bonds. The molecular weight excluding hydrogens is 476 g/mol. The van der Waals surface area contributed by atoms with Crippen LogP contribution in [0.4, 0.5) is 26.3 Å².